The van der Waals surface area contributed by atoms with E-state index < -0.39 is 0 Å². The van der Waals surface area contributed by atoms with Gasteiger partial charge in [0, 0.05) is 5.69 Å². The molecule has 0 fully saturated rings. The number of carbonyl (C=O) groups is 1. The lowest BCUT2D eigenvalue weighted by Gasteiger charge is -2.18. The summed E-state index contributed by atoms with van der Waals surface area (Å²) >= 11 is 0. The van der Waals surface area contributed by atoms with Gasteiger partial charge in [-0.3, -0.25) is 0 Å². The molecule has 0 radical (unpaired) electrons. The van der Waals surface area contributed by atoms with Gasteiger partial charge in [-0.1, -0.05) is 37.3 Å². The highest BCUT2D eigenvalue weighted by molar-refractivity contribution is 5.90. The number of hydrogen-bond donors (Lipinski definition) is 2. The number of amides is 2. The summed E-state index contributed by atoms with van der Waals surface area (Å²) in [5, 5.41) is 5.90. The predicted molar refractivity (Wildman–Crippen MR) is 89.4 cm³/mol. The number of ether oxygens (including phenoxy) is 1. The van der Waals surface area contributed by atoms with Crippen molar-refractivity contribution < 1.29 is 9.53 Å². The van der Waals surface area contributed by atoms with Crippen LogP contribution in [0.2, 0.25) is 0 Å². The Balaban J connectivity index is 2.03. The van der Waals surface area contributed by atoms with E-state index in [0.29, 0.717) is 0 Å². The number of hydrogen-bond acceptors (Lipinski definition) is 2. The van der Waals surface area contributed by atoms with E-state index >= 15 is 0 Å². The fourth-order valence-corrected chi connectivity index (χ4v) is 2.33. The van der Waals surface area contributed by atoms with E-state index in [-0.39, 0.29) is 12.1 Å². The van der Waals surface area contributed by atoms with Gasteiger partial charge in [-0.05, 0) is 42.7 Å². The molecule has 0 aliphatic heterocycles. The molecule has 0 aliphatic carbocycles. The van der Waals surface area contributed by atoms with Gasteiger partial charge in [0.2, 0.25) is 0 Å². The summed E-state index contributed by atoms with van der Waals surface area (Å²) in [6, 6.07) is 15.3. The van der Waals surface area contributed by atoms with Crippen molar-refractivity contribution in [3.63, 3.8) is 0 Å². The molecule has 4 nitrogen and oxygen atoms in total. The number of carbonyl (C=O) groups excluding carboxylic acids is 1. The Kier molecular flexibility index (Phi) is 5.42. The van der Waals surface area contributed by atoms with Gasteiger partial charge >= 0.3 is 6.03 Å². The van der Waals surface area contributed by atoms with E-state index in [0.717, 1.165) is 29.0 Å². The van der Waals surface area contributed by atoms with Crippen LogP contribution in [0, 0.1) is 6.92 Å². The molecule has 1 unspecified atom stereocenters. The lowest BCUT2D eigenvalue weighted by Crippen LogP contribution is -2.32. The van der Waals surface area contributed by atoms with Crippen molar-refractivity contribution in [3.05, 3.63) is 59.7 Å². The second kappa shape index (κ2) is 7.50. The van der Waals surface area contributed by atoms with Gasteiger partial charge < -0.3 is 15.4 Å². The van der Waals surface area contributed by atoms with Crippen LogP contribution in [0.25, 0.3) is 0 Å². The summed E-state index contributed by atoms with van der Waals surface area (Å²) in [6.45, 7) is 3.99. The molecule has 0 spiro atoms. The van der Waals surface area contributed by atoms with E-state index in [1.54, 1.807) is 7.11 Å². The summed E-state index contributed by atoms with van der Waals surface area (Å²) in [5.41, 5.74) is 2.84. The summed E-state index contributed by atoms with van der Waals surface area (Å²) in [7, 11) is 1.63. The van der Waals surface area contributed by atoms with Crippen LogP contribution in [0.1, 0.15) is 30.5 Å². The fourth-order valence-electron chi connectivity index (χ4n) is 2.33. The second-order valence-corrected chi connectivity index (χ2v) is 5.15. The molecule has 2 aromatic rings. The highest BCUT2D eigenvalue weighted by Gasteiger charge is 2.13. The number of methoxy groups -OCH3 is 1. The summed E-state index contributed by atoms with van der Waals surface area (Å²) < 4.78 is 5.17. The Bertz CT molecular complexity index is 626. The Labute approximate surface area is 131 Å². The van der Waals surface area contributed by atoms with Crippen molar-refractivity contribution in [1.82, 2.24) is 5.32 Å². The Hall–Kier alpha value is -2.49. The van der Waals surface area contributed by atoms with Crippen LogP contribution in [-0.4, -0.2) is 13.1 Å². The van der Waals surface area contributed by atoms with Crippen LogP contribution in [-0.2, 0) is 0 Å². The van der Waals surface area contributed by atoms with E-state index in [4.69, 9.17) is 4.74 Å². The highest BCUT2D eigenvalue weighted by atomic mass is 16.5. The maximum absolute atomic E-state index is 12.2. The molecule has 2 N–H and O–H groups in total. The van der Waals surface area contributed by atoms with Gasteiger partial charge in [0.15, 0.2) is 0 Å². The van der Waals surface area contributed by atoms with Crippen LogP contribution in [0.15, 0.2) is 48.5 Å². The van der Waals surface area contributed by atoms with E-state index in [2.05, 4.69) is 17.6 Å². The van der Waals surface area contributed by atoms with Crippen LogP contribution in [0.3, 0.4) is 0 Å². The summed E-state index contributed by atoms with van der Waals surface area (Å²) in [6.07, 6.45) is 0.832. The normalized spacial score (nSPS) is 11.6. The SMILES string of the molecule is CCC(NC(=O)Nc1ccc(OC)cc1C)c1ccccc1. The average molecular weight is 298 g/mol. The van der Waals surface area contributed by atoms with Gasteiger partial charge in [0.05, 0.1) is 13.2 Å². The maximum Gasteiger partial charge on any atom is 0.319 e. The number of benzene rings is 2. The predicted octanol–water partition coefficient (Wildman–Crippen LogP) is 4.28. The zero-order valence-electron chi connectivity index (χ0n) is 13.2. The molecule has 4 heteroatoms. The maximum atomic E-state index is 12.2. The Morgan fingerprint density at radius 2 is 1.91 bits per heavy atom. The molecule has 0 bridgehead atoms. The molecule has 0 aromatic heterocycles. The molecule has 2 amide bonds. The third-order valence-electron chi connectivity index (χ3n) is 3.60. The topological polar surface area (TPSA) is 50.4 Å². The smallest absolute Gasteiger partial charge is 0.319 e. The number of rotatable bonds is 5. The van der Waals surface area contributed by atoms with Gasteiger partial charge in [-0.15, -0.1) is 0 Å². The number of anilines is 1. The molecule has 22 heavy (non-hydrogen) atoms. The monoisotopic (exact) mass is 298 g/mol. The molecule has 0 saturated heterocycles. The molecular weight excluding hydrogens is 276 g/mol. The first-order chi connectivity index (χ1) is 10.6. The fraction of sp³-hybridized carbons (Fsp3) is 0.278. The van der Waals surface area contributed by atoms with Gasteiger partial charge in [0.25, 0.3) is 0 Å². The molecule has 0 saturated carbocycles. The first-order valence-corrected chi connectivity index (χ1v) is 7.41. The average Bonchev–Trinajstić information content (AvgIpc) is 2.55. The minimum atomic E-state index is -0.205. The van der Waals surface area contributed by atoms with Crippen LogP contribution >= 0.6 is 0 Å². The van der Waals surface area contributed by atoms with Crippen molar-refractivity contribution in [3.8, 4) is 5.75 Å². The standard InChI is InChI=1S/C18H22N2O2/c1-4-16(14-8-6-5-7-9-14)19-18(21)20-17-11-10-15(22-3)12-13(17)2/h5-12,16H,4H2,1-3H3,(H2,19,20,21). The van der Waals surface area contributed by atoms with Crippen LogP contribution < -0.4 is 15.4 Å². The minimum Gasteiger partial charge on any atom is -0.497 e. The number of urea groups is 1. The Morgan fingerprint density at radius 3 is 2.50 bits per heavy atom. The van der Waals surface area contributed by atoms with Gasteiger partial charge in [0.1, 0.15) is 5.75 Å². The van der Waals surface area contributed by atoms with Crippen molar-refractivity contribution in [2.45, 2.75) is 26.3 Å². The first-order valence-electron chi connectivity index (χ1n) is 7.41. The van der Waals surface area contributed by atoms with Gasteiger partial charge in [-0.2, -0.15) is 0 Å². The third-order valence-corrected chi connectivity index (χ3v) is 3.60. The molecular formula is C18H22N2O2. The molecule has 0 aliphatic rings. The van der Waals surface area contributed by atoms with Crippen molar-refractivity contribution in [2.75, 3.05) is 12.4 Å². The van der Waals surface area contributed by atoms with Crippen LogP contribution in [0.4, 0.5) is 10.5 Å². The molecule has 2 rings (SSSR count). The summed E-state index contributed by atoms with van der Waals surface area (Å²) in [4.78, 5) is 12.2. The molecule has 0 heterocycles. The number of nitrogens with one attached hydrogen (secondary N) is 2. The van der Waals surface area contributed by atoms with Gasteiger partial charge in [-0.25, -0.2) is 4.79 Å². The first kappa shape index (κ1) is 15.9. The van der Waals surface area contributed by atoms with E-state index in [1.165, 1.54) is 0 Å². The van der Waals surface area contributed by atoms with Crippen molar-refractivity contribution in [1.29, 1.82) is 0 Å². The Morgan fingerprint density at radius 1 is 1.18 bits per heavy atom. The number of aryl methyl sites for hydroxylation is 1. The zero-order valence-corrected chi connectivity index (χ0v) is 13.2. The molecule has 116 valence electrons. The molecule has 1 atom stereocenters. The minimum absolute atomic E-state index is 0.000227. The largest absolute Gasteiger partial charge is 0.497 e. The quantitative estimate of drug-likeness (QED) is 0.865. The lowest BCUT2D eigenvalue weighted by atomic mass is 10.1. The van der Waals surface area contributed by atoms with Crippen LogP contribution in [0.5, 0.6) is 5.75 Å². The second-order valence-electron chi connectivity index (χ2n) is 5.15. The van der Waals surface area contributed by atoms with Crippen molar-refractivity contribution >= 4 is 11.7 Å². The highest BCUT2D eigenvalue weighted by Crippen LogP contribution is 2.21. The van der Waals surface area contributed by atoms with Crippen molar-refractivity contribution in [2.24, 2.45) is 0 Å². The van der Waals surface area contributed by atoms with E-state index in [1.807, 2.05) is 55.5 Å². The molecule has 2 aromatic carbocycles. The zero-order chi connectivity index (χ0) is 15.9. The third kappa shape index (κ3) is 4.01. The lowest BCUT2D eigenvalue weighted by molar-refractivity contribution is 0.248. The van der Waals surface area contributed by atoms with E-state index in [9.17, 15) is 4.79 Å². The summed E-state index contributed by atoms with van der Waals surface area (Å²) in [5.74, 6) is 0.777.